The zero-order chi connectivity index (χ0) is 14.4. The molecule has 0 saturated heterocycles. The molecule has 0 aliphatic carbocycles. The predicted octanol–water partition coefficient (Wildman–Crippen LogP) is 2.42. The molecule has 0 aliphatic heterocycles. The van der Waals surface area contributed by atoms with Gasteiger partial charge in [0.25, 0.3) is 5.56 Å². The van der Waals surface area contributed by atoms with Gasteiger partial charge in [-0.2, -0.15) is 0 Å². The van der Waals surface area contributed by atoms with E-state index in [9.17, 15) is 4.79 Å². The van der Waals surface area contributed by atoms with E-state index in [0.717, 1.165) is 11.4 Å². The summed E-state index contributed by atoms with van der Waals surface area (Å²) in [6.07, 6.45) is 0. The van der Waals surface area contributed by atoms with E-state index in [0.29, 0.717) is 19.7 Å². The minimum Gasteiger partial charge on any atom is -0.383 e. The van der Waals surface area contributed by atoms with Crippen molar-refractivity contribution in [3.8, 4) is 0 Å². The van der Waals surface area contributed by atoms with E-state index in [1.165, 1.54) is 5.56 Å². The molecule has 20 heavy (non-hydrogen) atoms. The Bertz CT molecular complexity index is 606. The van der Waals surface area contributed by atoms with Crippen molar-refractivity contribution in [3.63, 3.8) is 0 Å². The maximum atomic E-state index is 12.0. The predicted molar refractivity (Wildman–Crippen MR) is 81.1 cm³/mol. The molecule has 1 N–H and O–H groups in total. The highest BCUT2D eigenvalue weighted by Gasteiger charge is 2.03. The number of anilines is 1. The molecule has 2 rings (SSSR count). The minimum absolute atomic E-state index is 0.00221. The average molecular weight is 272 g/mol. The van der Waals surface area contributed by atoms with Gasteiger partial charge in [0.2, 0.25) is 0 Å². The van der Waals surface area contributed by atoms with Crippen molar-refractivity contribution in [2.45, 2.75) is 20.0 Å². The molecule has 0 amide bonds. The van der Waals surface area contributed by atoms with Crippen LogP contribution in [0.3, 0.4) is 0 Å². The summed E-state index contributed by atoms with van der Waals surface area (Å²) in [5.74, 6) is 0. The molecule has 1 aromatic heterocycles. The van der Waals surface area contributed by atoms with Crippen LogP contribution in [-0.2, 0) is 17.8 Å². The van der Waals surface area contributed by atoms with Gasteiger partial charge in [-0.25, -0.2) is 0 Å². The number of hydrogen-bond acceptors (Lipinski definition) is 3. The van der Waals surface area contributed by atoms with Gasteiger partial charge in [0.1, 0.15) is 0 Å². The van der Waals surface area contributed by atoms with Crippen LogP contribution in [-0.4, -0.2) is 18.3 Å². The molecule has 4 nitrogen and oxygen atoms in total. The second-order valence-corrected chi connectivity index (χ2v) is 4.71. The molecule has 1 heterocycles. The fourth-order valence-electron chi connectivity index (χ4n) is 2.10. The summed E-state index contributed by atoms with van der Waals surface area (Å²) in [5, 5.41) is 3.28. The summed E-state index contributed by atoms with van der Waals surface area (Å²) in [6, 6.07) is 13.7. The van der Waals surface area contributed by atoms with E-state index >= 15 is 0 Å². The minimum atomic E-state index is -0.00221. The maximum absolute atomic E-state index is 12.0. The average Bonchev–Trinajstić information content (AvgIpc) is 2.45. The molecular weight excluding hydrogens is 252 g/mol. The van der Waals surface area contributed by atoms with Crippen LogP contribution in [0.15, 0.2) is 47.3 Å². The van der Waals surface area contributed by atoms with Gasteiger partial charge in [-0.1, -0.05) is 30.3 Å². The van der Waals surface area contributed by atoms with Crippen LogP contribution in [0.25, 0.3) is 0 Å². The zero-order valence-electron chi connectivity index (χ0n) is 11.9. The zero-order valence-corrected chi connectivity index (χ0v) is 11.9. The van der Waals surface area contributed by atoms with Crippen LogP contribution in [0.4, 0.5) is 5.69 Å². The number of pyridine rings is 1. The highest BCUT2D eigenvalue weighted by Crippen LogP contribution is 2.09. The van der Waals surface area contributed by atoms with Gasteiger partial charge >= 0.3 is 0 Å². The molecule has 0 unspecified atom stereocenters. The van der Waals surface area contributed by atoms with Crippen LogP contribution >= 0.6 is 0 Å². The van der Waals surface area contributed by atoms with Crippen molar-refractivity contribution >= 4 is 5.69 Å². The van der Waals surface area contributed by atoms with Crippen LogP contribution in [0.5, 0.6) is 0 Å². The first-order valence-corrected chi connectivity index (χ1v) is 6.69. The SMILES string of the molecule is COCCn1c(C)cc(NCc2ccccc2)cc1=O. The smallest absolute Gasteiger partial charge is 0.252 e. The molecular formula is C16H20N2O2. The maximum Gasteiger partial charge on any atom is 0.252 e. The summed E-state index contributed by atoms with van der Waals surface area (Å²) in [4.78, 5) is 12.0. The van der Waals surface area contributed by atoms with E-state index in [-0.39, 0.29) is 5.56 Å². The van der Waals surface area contributed by atoms with Crippen LogP contribution in [0.2, 0.25) is 0 Å². The summed E-state index contributed by atoms with van der Waals surface area (Å²) < 4.78 is 6.74. The molecule has 0 aliphatic rings. The molecule has 0 radical (unpaired) electrons. The largest absolute Gasteiger partial charge is 0.383 e. The number of benzene rings is 1. The Kier molecular flexibility index (Phi) is 4.96. The van der Waals surface area contributed by atoms with Crippen LogP contribution in [0.1, 0.15) is 11.3 Å². The highest BCUT2D eigenvalue weighted by atomic mass is 16.5. The van der Waals surface area contributed by atoms with Gasteiger partial charge in [-0.15, -0.1) is 0 Å². The quantitative estimate of drug-likeness (QED) is 0.878. The summed E-state index contributed by atoms with van der Waals surface area (Å²) in [5.41, 5.74) is 2.97. The first kappa shape index (κ1) is 14.3. The van der Waals surface area contributed by atoms with Gasteiger partial charge < -0.3 is 14.6 Å². The first-order valence-electron chi connectivity index (χ1n) is 6.69. The first-order chi connectivity index (χ1) is 9.70. The van der Waals surface area contributed by atoms with Crippen molar-refractivity contribution in [3.05, 3.63) is 64.1 Å². The summed E-state index contributed by atoms with van der Waals surface area (Å²) >= 11 is 0. The standard InChI is InChI=1S/C16H20N2O2/c1-13-10-15(11-16(19)18(13)8-9-20-2)17-12-14-6-4-3-5-7-14/h3-7,10-11,17H,8-9,12H2,1-2H3. The van der Waals surface area contributed by atoms with Gasteiger partial charge in [0, 0.05) is 37.6 Å². The third-order valence-electron chi connectivity index (χ3n) is 3.19. The lowest BCUT2D eigenvalue weighted by Gasteiger charge is -2.12. The molecule has 0 bridgehead atoms. The van der Waals surface area contributed by atoms with E-state index in [4.69, 9.17) is 4.74 Å². The molecule has 0 fully saturated rings. The Labute approximate surface area is 119 Å². The summed E-state index contributed by atoms with van der Waals surface area (Å²) in [7, 11) is 1.64. The molecule has 1 aromatic carbocycles. The van der Waals surface area contributed by atoms with Crippen molar-refractivity contribution in [1.82, 2.24) is 4.57 Å². The van der Waals surface area contributed by atoms with E-state index in [1.54, 1.807) is 17.7 Å². The molecule has 0 spiro atoms. The third kappa shape index (κ3) is 3.71. The number of nitrogens with one attached hydrogen (secondary N) is 1. The lowest BCUT2D eigenvalue weighted by Crippen LogP contribution is -2.24. The van der Waals surface area contributed by atoms with E-state index in [1.807, 2.05) is 31.2 Å². The Morgan fingerprint density at radius 1 is 1.20 bits per heavy atom. The molecule has 0 saturated carbocycles. The van der Waals surface area contributed by atoms with Crippen molar-refractivity contribution < 1.29 is 4.74 Å². The molecule has 4 heteroatoms. The topological polar surface area (TPSA) is 43.3 Å². The number of hydrogen-bond donors (Lipinski definition) is 1. The van der Waals surface area contributed by atoms with Gasteiger partial charge in [-0.05, 0) is 18.6 Å². The third-order valence-corrected chi connectivity index (χ3v) is 3.19. The van der Waals surface area contributed by atoms with Gasteiger partial charge in [0.15, 0.2) is 0 Å². The van der Waals surface area contributed by atoms with Gasteiger partial charge in [0.05, 0.1) is 6.61 Å². The lowest BCUT2D eigenvalue weighted by atomic mass is 10.2. The second kappa shape index (κ2) is 6.91. The lowest BCUT2D eigenvalue weighted by molar-refractivity contribution is 0.185. The van der Waals surface area contributed by atoms with Crippen molar-refractivity contribution in [1.29, 1.82) is 0 Å². The number of rotatable bonds is 6. The number of aromatic nitrogens is 1. The van der Waals surface area contributed by atoms with Crippen LogP contribution < -0.4 is 10.9 Å². The number of nitrogens with zero attached hydrogens (tertiary/aromatic N) is 1. The Morgan fingerprint density at radius 2 is 1.95 bits per heavy atom. The fraction of sp³-hybridized carbons (Fsp3) is 0.312. The highest BCUT2D eigenvalue weighted by molar-refractivity contribution is 5.44. The Hall–Kier alpha value is -2.07. The summed E-state index contributed by atoms with van der Waals surface area (Å²) in [6.45, 7) is 3.77. The van der Waals surface area contributed by atoms with Gasteiger partial charge in [-0.3, -0.25) is 4.79 Å². The number of methoxy groups -OCH3 is 1. The van der Waals surface area contributed by atoms with E-state index < -0.39 is 0 Å². The number of aryl methyl sites for hydroxylation is 1. The molecule has 0 atom stereocenters. The van der Waals surface area contributed by atoms with Crippen molar-refractivity contribution in [2.24, 2.45) is 0 Å². The second-order valence-electron chi connectivity index (χ2n) is 4.71. The van der Waals surface area contributed by atoms with E-state index in [2.05, 4.69) is 17.4 Å². The Morgan fingerprint density at radius 3 is 2.60 bits per heavy atom. The Balaban J connectivity index is 2.08. The van der Waals surface area contributed by atoms with Crippen molar-refractivity contribution in [2.75, 3.05) is 19.0 Å². The number of ether oxygens (including phenoxy) is 1. The van der Waals surface area contributed by atoms with Crippen LogP contribution in [0, 0.1) is 6.92 Å². The fourth-order valence-corrected chi connectivity index (χ4v) is 2.10. The molecule has 106 valence electrons. The monoisotopic (exact) mass is 272 g/mol. The molecule has 2 aromatic rings. The normalized spacial score (nSPS) is 10.5.